The van der Waals surface area contributed by atoms with Crippen LogP contribution in [0.2, 0.25) is 0 Å². The van der Waals surface area contributed by atoms with E-state index < -0.39 is 20.8 Å². The second-order valence-corrected chi connectivity index (χ2v) is 5.07. The van der Waals surface area contributed by atoms with Gasteiger partial charge in [-0.05, 0) is 12.8 Å². The molecule has 0 aromatic heterocycles. The fourth-order valence-corrected chi connectivity index (χ4v) is 2.73. The van der Waals surface area contributed by atoms with Gasteiger partial charge in [0.05, 0.1) is 0 Å². The molecule has 1 saturated carbocycles. The maximum absolute atomic E-state index is 10.9. The molecule has 1 aliphatic carbocycles. The molecule has 1 rings (SSSR count). The molecule has 2 N–H and O–H groups in total. The summed E-state index contributed by atoms with van der Waals surface area (Å²) in [6, 6.07) is 0. The molecule has 0 aliphatic heterocycles. The molecule has 1 aliphatic rings. The van der Waals surface area contributed by atoms with Crippen LogP contribution in [0.5, 0.6) is 0 Å². The molecule has 0 amide bonds. The average Bonchev–Trinajstić information content (AvgIpc) is 2.03. The third-order valence-electron chi connectivity index (χ3n) is 2.54. The first-order valence-electron chi connectivity index (χ1n) is 4.10. The Morgan fingerprint density at radius 3 is 1.86 bits per heavy atom. The first kappa shape index (κ1) is 15.0. The molecular formula is C7H13KO5S. The van der Waals surface area contributed by atoms with Crippen molar-refractivity contribution in [3.63, 3.8) is 0 Å². The molecule has 0 radical (unpaired) electrons. The zero-order valence-electron chi connectivity index (χ0n) is 9.06. The van der Waals surface area contributed by atoms with Gasteiger partial charge in [-0.2, -0.15) is 8.42 Å². The van der Waals surface area contributed by atoms with Gasteiger partial charge in [-0.3, -0.25) is 9.35 Å². The Kier molecular flexibility index (Phi) is 5.77. The van der Waals surface area contributed by atoms with Crippen molar-refractivity contribution < 1.29 is 75.7 Å². The van der Waals surface area contributed by atoms with Crippen LogP contribution in [0.25, 0.3) is 0 Å². The molecule has 0 heterocycles. The first-order valence-corrected chi connectivity index (χ1v) is 5.54. The summed E-state index contributed by atoms with van der Waals surface area (Å²) < 4.78 is 28.8. The monoisotopic (exact) mass is 248 g/mol. The van der Waals surface area contributed by atoms with Crippen LogP contribution in [0.1, 0.15) is 33.5 Å². The normalized spacial score (nSPS) is 20.9. The molecule has 0 atom stereocenters. The van der Waals surface area contributed by atoms with Crippen LogP contribution in [-0.2, 0) is 14.9 Å². The Morgan fingerprint density at radius 1 is 1.21 bits per heavy atom. The molecule has 14 heavy (non-hydrogen) atoms. The van der Waals surface area contributed by atoms with Gasteiger partial charge in [-0.25, -0.2) is 0 Å². The van der Waals surface area contributed by atoms with E-state index in [9.17, 15) is 13.2 Å². The minimum absolute atomic E-state index is 0. The number of rotatable bonds is 2. The van der Waals surface area contributed by atoms with Gasteiger partial charge in [-0.1, -0.05) is 19.3 Å². The second kappa shape index (κ2) is 5.38. The third-order valence-corrected chi connectivity index (χ3v) is 4.12. The van der Waals surface area contributed by atoms with Crippen molar-refractivity contribution >= 4 is 16.1 Å². The Morgan fingerprint density at radius 2 is 1.64 bits per heavy atom. The van der Waals surface area contributed by atoms with Crippen molar-refractivity contribution in [1.29, 1.82) is 0 Å². The average molecular weight is 248 g/mol. The van der Waals surface area contributed by atoms with Crippen LogP contribution >= 0.6 is 0 Å². The van der Waals surface area contributed by atoms with Gasteiger partial charge in [-0.15, -0.1) is 0 Å². The Balaban J connectivity index is 0. The van der Waals surface area contributed by atoms with E-state index in [1.54, 1.807) is 0 Å². The van der Waals surface area contributed by atoms with Crippen molar-refractivity contribution in [2.45, 2.75) is 36.9 Å². The fraction of sp³-hybridized carbons (Fsp3) is 0.857. The first-order chi connectivity index (χ1) is 5.90. The molecule has 0 aromatic carbocycles. The quantitative estimate of drug-likeness (QED) is 0.426. The topological polar surface area (TPSA) is 91.7 Å². The summed E-state index contributed by atoms with van der Waals surface area (Å²) in [7, 11) is -4.49. The number of aliphatic carboxylic acids is 1. The van der Waals surface area contributed by atoms with E-state index in [-0.39, 0.29) is 65.7 Å². The molecule has 0 unspecified atom stereocenters. The van der Waals surface area contributed by atoms with Crippen LogP contribution in [0.15, 0.2) is 0 Å². The smallest absolute Gasteiger partial charge is 1.00 e. The Labute approximate surface area is 127 Å². The Hall–Kier alpha value is 1.02. The minimum Gasteiger partial charge on any atom is -1.00 e. The SMILES string of the molecule is O=C(O)C1(S(=O)(=O)O)CCCCC1.[H-].[K+]. The standard InChI is InChI=1S/C7H12O5S.K.H/c8-6(9)7(13(10,11)12)4-2-1-3-5-7;;/h1-5H2,(H,8,9)(H,10,11,12);;/q;+1;-1. The largest absolute Gasteiger partial charge is 1.00 e. The van der Waals surface area contributed by atoms with Crippen LogP contribution in [-0.4, -0.2) is 28.8 Å². The molecule has 0 aromatic rings. The van der Waals surface area contributed by atoms with E-state index >= 15 is 0 Å². The van der Waals surface area contributed by atoms with E-state index in [2.05, 4.69) is 0 Å². The molecular weight excluding hydrogens is 235 g/mol. The fourth-order valence-electron chi connectivity index (χ4n) is 1.71. The van der Waals surface area contributed by atoms with E-state index in [4.69, 9.17) is 9.66 Å². The molecule has 5 nitrogen and oxygen atoms in total. The molecule has 0 saturated heterocycles. The predicted octanol–water partition coefficient (Wildman–Crippen LogP) is -2.22. The van der Waals surface area contributed by atoms with Crippen molar-refractivity contribution in [3.05, 3.63) is 0 Å². The summed E-state index contributed by atoms with van der Waals surface area (Å²) in [5.41, 5.74) is 0. The van der Waals surface area contributed by atoms with E-state index in [1.807, 2.05) is 0 Å². The van der Waals surface area contributed by atoms with Gasteiger partial charge in [0.1, 0.15) is 0 Å². The molecule has 0 spiro atoms. The van der Waals surface area contributed by atoms with Gasteiger partial charge in [0.15, 0.2) is 4.75 Å². The van der Waals surface area contributed by atoms with Gasteiger partial charge in [0, 0.05) is 0 Å². The maximum atomic E-state index is 10.9. The molecule has 78 valence electrons. The minimum atomic E-state index is -4.49. The maximum Gasteiger partial charge on any atom is 1.00 e. The van der Waals surface area contributed by atoms with Gasteiger partial charge in [0.25, 0.3) is 10.1 Å². The number of carbonyl (C=O) groups is 1. The summed E-state index contributed by atoms with van der Waals surface area (Å²) in [6.07, 6.45) is 1.92. The van der Waals surface area contributed by atoms with Crippen LogP contribution in [0.3, 0.4) is 0 Å². The summed E-state index contributed by atoms with van der Waals surface area (Å²) >= 11 is 0. The van der Waals surface area contributed by atoms with Gasteiger partial charge >= 0.3 is 57.4 Å². The van der Waals surface area contributed by atoms with Crippen LogP contribution in [0, 0.1) is 0 Å². The van der Waals surface area contributed by atoms with Crippen molar-refractivity contribution in [1.82, 2.24) is 0 Å². The van der Waals surface area contributed by atoms with Gasteiger partial charge < -0.3 is 6.53 Å². The van der Waals surface area contributed by atoms with Crippen molar-refractivity contribution in [2.75, 3.05) is 0 Å². The van der Waals surface area contributed by atoms with E-state index in [1.165, 1.54) is 0 Å². The predicted molar refractivity (Wildman–Crippen MR) is 46.1 cm³/mol. The molecule has 7 heteroatoms. The summed E-state index contributed by atoms with van der Waals surface area (Å²) in [5.74, 6) is -1.44. The zero-order chi connectivity index (χ0) is 10.1. The van der Waals surface area contributed by atoms with Gasteiger partial charge in [0.2, 0.25) is 0 Å². The summed E-state index contributed by atoms with van der Waals surface area (Å²) in [6.45, 7) is 0. The number of hydrogen-bond acceptors (Lipinski definition) is 3. The number of carboxylic acids is 1. The van der Waals surface area contributed by atoms with Crippen molar-refractivity contribution in [3.8, 4) is 0 Å². The number of carboxylic acid groups (broad SMARTS) is 1. The molecule has 0 bridgehead atoms. The van der Waals surface area contributed by atoms with Crippen LogP contribution < -0.4 is 51.4 Å². The second-order valence-electron chi connectivity index (χ2n) is 3.34. The number of hydrogen-bond donors (Lipinski definition) is 2. The third kappa shape index (κ3) is 2.78. The molecule has 1 fully saturated rings. The summed E-state index contributed by atoms with van der Waals surface area (Å²) in [5, 5.41) is 8.79. The van der Waals surface area contributed by atoms with Crippen LogP contribution in [0.4, 0.5) is 0 Å². The Bertz CT molecular complexity index is 309. The summed E-state index contributed by atoms with van der Waals surface area (Å²) in [4.78, 5) is 10.8. The van der Waals surface area contributed by atoms with E-state index in [0.29, 0.717) is 12.8 Å². The van der Waals surface area contributed by atoms with E-state index in [0.717, 1.165) is 6.42 Å². The zero-order valence-corrected chi connectivity index (χ0v) is 12.0. The van der Waals surface area contributed by atoms with Crippen molar-refractivity contribution in [2.24, 2.45) is 0 Å².